The van der Waals surface area contributed by atoms with Crippen LogP contribution in [-0.2, 0) is 33.3 Å². The van der Waals surface area contributed by atoms with Crippen LogP contribution in [0.1, 0.15) is 168 Å². The quantitative estimate of drug-likeness (QED) is 0.0212. The molecule has 0 rings (SSSR count). The van der Waals surface area contributed by atoms with Gasteiger partial charge < -0.3 is 28.5 Å². The molecule has 1 N–H and O–H groups in total. The highest BCUT2D eigenvalue weighted by Gasteiger charge is 2.25. The van der Waals surface area contributed by atoms with Gasteiger partial charge in [0.15, 0.2) is 6.10 Å². The van der Waals surface area contributed by atoms with Crippen LogP contribution in [0.5, 0.6) is 0 Å². The normalized spacial score (nSPS) is 13.7. The van der Waals surface area contributed by atoms with Gasteiger partial charge in [-0.05, 0) is 89.9 Å². The number of carbonyl (C=O) groups excluding carboxylic acids is 2. The summed E-state index contributed by atoms with van der Waals surface area (Å²) in [5.74, 6) is -2.06. The summed E-state index contributed by atoms with van der Waals surface area (Å²) in [6, 6.07) is 0. The summed E-state index contributed by atoms with van der Waals surface area (Å²) >= 11 is 0. The Morgan fingerprint density at radius 1 is 0.476 bits per heavy atom. The van der Waals surface area contributed by atoms with Gasteiger partial charge in [-0.3, -0.25) is 9.59 Å². The molecule has 0 fully saturated rings. The molecule has 0 spiro atoms. The third-order valence-electron chi connectivity index (χ3n) is 9.84. The highest BCUT2D eigenvalue weighted by molar-refractivity contribution is 5.71. The van der Waals surface area contributed by atoms with Crippen molar-refractivity contribution in [1.82, 2.24) is 0 Å². The molecule has 0 aliphatic heterocycles. The molecule has 0 saturated heterocycles. The number of likely N-dealkylation sites (N-methyl/N-ethyl adjacent to an activating group) is 1. The van der Waals surface area contributed by atoms with E-state index in [1.54, 1.807) is 0 Å². The third kappa shape index (κ3) is 46.0. The average molecular weight is 881 g/mol. The fourth-order valence-corrected chi connectivity index (χ4v) is 6.11. The minimum atomic E-state index is -1.52. The van der Waals surface area contributed by atoms with Crippen molar-refractivity contribution in [3.63, 3.8) is 0 Å². The summed E-state index contributed by atoms with van der Waals surface area (Å²) in [5.41, 5.74) is 0. The maximum absolute atomic E-state index is 12.8. The van der Waals surface area contributed by atoms with Crippen LogP contribution in [0.2, 0.25) is 0 Å². The Labute approximate surface area is 384 Å². The molecule has 0 aliphatic carbocycles. The van der Waals surface area contributed by atoms with E-state index in [4.69, 9.17) is 18.9 Å². The van der Waals surface area contributed by atoms with Gasteiger partial charge in [-0.2, -0.15) is 0 Å². The zero-order valence-corrected chi connectivity index (χ0v) is 40.4. The summed E-state index contributed by atoms with van der Waals surface area (Å²) in [6.45, 7) is 4.59. The molecule has 9 heteroatoms. The molecule has 0 aromatic heterocycles. The van der Waals surface area contributed by atoms with E-state index in [1.165, 1.54) is 6.42 Å². The minimum absolute atomic E-state index is 0.176. The Hall–Kier alpha value is -3.79. The smallest absolute Gasteiger partial charge is 0.361 e. The van der Waals surface area contributed by atoms with Gasteiger partial charge in [0, 0.05) is 12.8 Å². The highest BCUT2D eigenvalue weighted by Crippen LogP contribution is 2.13. The molecule has 0 bridgehead atoms. The summed E-state index contributed by atoms with van der Waals surface area (Å²) in [5, 5.41) is 9.66. The number of carboxylic acid groups (broad SMARTS) is 1. The number of hydrogen-bond acceptors (Lipinski definition) is 7. The van der Waals surface area contributed by atoms with Gasteiger partial charge in [0.1, 0.15) is 13.2 Å². The second-order valence-electron chi connectivity index (χ2n) is 17.0. The number of hydrogen-bond donors (Lipinski definition) is 1. The number of allylic oxidation sites excluding steroid dienone is 16. The predicted molar refractivity (Wildman–Crippen MR) is 262 cm³/mol. The minimum Gasteiger partial charge on any atom is -0.477 e. The molecule has 0 aromatic rings. The molecule has 0 aliphatic rings. The molecular formula is C54H90NO8+. The van der Waals surface area contributed by atoms with E-state index in [1.807, 2.05) is 21.1 Å². The average Bonchev–Trinajstić information content (AvgIpc) is 3.24. The molecule has 0 saturated carbocycles. The maximum Gasteiger partial charge on any atom is 0.361 e. The maximum atomic E-state index is 12.8. The number of carboxylic acids is 1. The van der Waals surface area contributed by atoms with E-state index in [0.29, 0.717) is 17.4 Å². The monoisotopic (exact) mass is 881 g/mol. The van der Waals surface area contributed by atoms with Gasteiger partial charge in [0.2, 0.25) is 0 Å². The Morgan fingerprint density at radius 2 is 0.857 bits per heavy atom. The third-order valence-corrected chi connectivity index (χ3v) is 9.84. The van der Waals surface area contributed by atoms with Crippen LogP contribution in [0.25, 0.3) is 0 Å². The second-order valence-corrected chi connectivity index (χ2v) is 17.0. The van der Waals surface area contributed by atoms with Gasteiger partial charge >= 0.3 is 17.9 Å². The van der Waals surface area contributed by atoms with Gasteiger partial charge in [0.05, 0.1) is 34.4 Å². The summed E-state index contributed by atoms with van der Waals surface area (Å²) in [7, 11) is 5.94. The number of aliphatic carboxylic acids is 1. The lowest BCUT2D eigenvalue weighted by molar-refractivity contribution is -0.870. The first-order chi connectivity index (χ1) is 30.6. The van der Waals surface area contributed by atoms with Crippen molar-refractivity contribution in [2.24, 2.45) is 0 Å². The van der Waals surface area contributed by atoms with E-state index in [-0.39, 0.29) is 38.6 Å². The largest absolute Gasteiger partial charge is 0.477 e. The lowest BCUT2D eigenvalue weighted by atomic mass is 10.1. The lowest BCUT2D eigenvalue weighted by Gasteiger charge is -2.25. The van der Waals surface area contributed by atoms with Crippen LogP contribution in [0.3, 0.4) is 0 Å². The van der Waals surface area contributed by atoms with Crippen molar-refractivity contribution in [3.8, 4) is 0 Å². The van der Waals surface area contributed by atoms with Crippen LogP contribution in [0.15, 0.2) is 97.2 Å². The van der Waals surface area contributed by atoms with Gasteiger partial charge in [0.25, 0.3) is 6.29 Å². The van der Waals surface area contributed by atoms with E-state index in [9.17, 15) is 19.5 Å². The van der Waals surface area contributed by atoms with E-state index in [0.717, 1.165) is 128 Å². The summed E-state index contributed by atoms with van der Waals surface area (Å²) in [4.78, 5) is 37.2. The molecule has 0 heterocycles. The molecular weight excluding hydrogens is 791 g/mol. The van der Waals surface area contributed by atoms with Crippen LogP contribution in [0.4, 0.5) is 0 Å². The number of rotatable bonds is 43. The molecule has 0 radical (unpaired) electrons. The topological polar surface area (TPSA) is 108 Å². The van der Waals surface area contributed by atoms with Crippen molar-refractivity contribution >= 4 is 17.9 Å². The fraction of sp³-hybridized carbons (Fsp3) is 0.648. The molecule has 2 unspecified atom stereocenters. The van der Waals surface area contributed by atoms with Crippen LogP contribution >= 0.6 is 0 Å². The number of ether oxygens (including phenoxy) is 4. The number of quaternary nitrogens is 1. The zero-order chi connectivity index (χ0) is 46.3. The van der Waals surface area contributed by atoms with E-state index < -0.39 is 24.3 Å². The number of carbonyl (C=O) groups is 3. The number of esters is 2. The highest BCUT2D eigenvalue weighted by atomic mass is 16.7. The van der Waals surface area contributed by atoms with E-state index >= 15 is 0 Å². The van der Waals surface area contributed by atoms with Crippen molar-refractivity contribution in [3.05, 3.63) is 97.2 Å². The number of nitrogens with zero attached hydrogens (tertiary/aromatic N) is 1. The molecule has 358 valence electrons. The second kappa shape index (κ2) is 44.8. The van der Waals surface area contributed by atoms with Gasteiger partial charge in [-0.25, -0.2) is 4.79 Å². The Balaban J connectivity index is 4.45. The van der Waals surface area contributed by atoms with Crippen LogP contribution in [0, 0.1) is 0 Å². The molecule has 63 heavy (non-hydrogen) atoms. The van der Waals surface area contributed by atoms with Crippen molar-refractivity contribution in [2.45, 2.75) is 180 Å². The van der Waals surface area contributed by atoms with Gasteiger partial charge in [-0.15, -0.1) is 0 Å². The lowest BCUT2D eigenvalue weighted by Crippen LogP contribution is -2.40. The first kappa shape index (κ1) is 59.2. The van der Waals surface area contributed by atoms with Crippen molar-refractivity contribution in [1.29, 1.82) is 0 Å². The zero-order valence-electron chi connectivity index (χ0n) is 40.4. The molecule has 2 atom stereocenters. The number of unbranched alkanes of at least 4 members (excludes halogenated alkanes) is 12. The van der Waals surface area contributed by atoms with Crippen molar-refractivity contribution in [2.75, 3.05) is 47.5 Å². The van der Waals surface area contributed by atoms with Crippen LogP contribution in [-0.4, -0.2) is 87.4 Å². The fourth-order valence-electron chi connectivity index (χ4n) is 6.11. The first-order valence-electron chi connectivity index (χ1n) is 24.4. The summed E-state index contributed by atoms with van der Waals surface area (Å²) < 4.78 is 22.8. The SMILES string of the molecule is CC/C=C\C/C=C\C/C=C\C/C=C\CCCCCCCCC(=O)OCC(COC(OCC[N+](C)(C)C)C(=O)O)OC(=O)CCCCCCCC/C=C\C/C=C\C/C=C\C/C=C\CC. The molecule has 9 nitrogen and oxygen atoms in total. The van der Waals surface area contributed by atoms with E-state index in [2.05, 4.69) is 111 Å². The Morgan fingerprint density at radius 3 is 1.27 bits per heavy atom. The Kier molecular flexibility index (Phi) is 42.1. The summed E-state index contributed by atoms with van der Waals surface area (Å²) in [6.07, 6.45) is 56.0. The van der Waals surface area contributed by atoms with Crippen molar-refractivity contribution < 1.29 is 42.9 Å². The Bertz CT molecular complexity index is 1350. The van der Waals surface area contributed by atoms with Crippen LogP contribution < -0.4 is 0 Å². The standard InChI is InChI=1S/C54H89NO8/c1-6-8-10-12-14-16-18-20-22-24-26-28-30-32-34-36-38-40-42-44-51(56)61-48-50(49-62-54(53(58)59)60-47-46-55(3,4)5)63-52(57)45-43-41-39-37-35-33-31-29-27-25-23-21-19-17-15-13-11-9-7-2/h8-11,14-17,20-23,26-29,50,54H,6-7,12-13,18-19,24-25,30-49H2,1-5H3/p+1/b10-8-,11-9-,16-14-,17-15-,22-20-,23-21-,28-26-,29-27-. The molecule has 0 amide bonds. The predicted octanol–water partition coefficient (Wildman–Crippen LogP) is 13.4. The van der Waals surface area contributed by atoms with Gasteiger partial charge in [-0.1, -0.05) is 162 Å². The first-order valence-corrected chi connectivity index (χ1v) is 24.4. The molecule has 0 aromatic carbocycles.